The van der Waals surface area contributed by atoms with Crippen LogP contribution in [0.3, 0.4) is 0 Å². The molecule has 0 saturated heterocycles. The summed E-state index contributed by atoms with van der Waals surface area (Å²) < 4.78 is 10.6. The van der Waals surface area contributed by atoms with E-state index in [4.69, 9.17) is 15.2 Å². The molecule has 0 aliphatic heterocycles. The normalized spacial score (nSPS) is 16.0. The quantitative estimate of drug-likeness (QED) is 0.619. The van der Waals surface area contributed by atoms with Gasteiger partial charge in [-0.3, -0.25) is 4.90 Å². The van der Waals surface area contributed by atoms with E-state index in [1.165, 1.54) is 6.42 Å². The monoisotopic (exact) mass is 218 g/mol. The highest BCUT2D eigenvalue weighted by Gasteiger charge is 2.37. The van der Waals surface area contributed by atoms with Gasteiger partial charge in [0.2, 0.25) is 0 Å². The van der Waals surface area contributed by atoms with Gasteiger partial charge in [-0.25, -0.2) is 0 Å². The number of ether oxygens (including phenoxy) is 2. The Labute approximate surface area is 93.7 Å². The Balaban J connectivity index is 4.50. The summed E-state index contributed by atoms with van der Waals surface area (Å²) >= 11 is 0. The van der Waals surface area contributed by atoms with Gasteiger partial charge in [-0.2, -0.15) is 0 Å². The van der Waals surface area contributed by atoms with Gasteiger partial charge in [0.05, 0.1) is 5.54 Å². The van der Waals surface area contributed by atoms with Gasteiger partial charge >= 0.3 is 0 Å². The minimum atomic E-state index is -0.288. The van der Waals surface area contributed by atoms with Gasteiger partial charge < -0.3 is 15.2 Å². The van der Waals surface area contributed by atoms with E-state index in [1.54, 1.807) is 14.2 Å². The number of nitrogens with zero attached hydrogens (tertiary/aromatic N) is 1. The molecular formula is C11H26N2O2. The molecule has 0 aliphatic carbocycles. The lowest BCUT2D eigenvalue weighted by Gasteiger charge is -2.42. The van der Waals surface area contributed by atoms with E-state index in [-0.39, 0.29) is 11.8 Å². The lowest BCUT2D eigenvalue weighted by Crippen LogP contribution is -2.59. The van der Waals surface area contributed by atoms with Crippen LogP contribution in [0.1, 0.15) is 26.7 Å². The summed E-state index contributed by atoms with van der Waals surface area (Å²) in [6.45, 7) is 5.77. The predicted octanol–water partition coefficient (Wildman–Crippen LogP) is 1.05. The van der Waals surface area contributed by atoms with E-state index in [1.807, 2.05) is 0 Å². The molecule has 4 nitrogen and oxygen atoms in total. The van der Waals surface area contributed by atoms with Gasteiger partial charge in [0.25, 0.3) is 0 Å². The first-order chi connectivity index (χ1) is 7.06. The average molecular weight is 218 g/mol. The maximum Gasteiger partial charge on any atom is 0.176 e. The Bertz CT molecular complexity index is 163. The second-order valence-corrected chi connectivity index (χ2v) is 4.14. The Kier molecular flexibility index (Phi) is 7.09. The number of nitrogens with two attached hydrogens (primary N) is 1. The zero-order valence-electron chi connectivity index (χ0n) is 10.7. The van der Waals surface area contributed by atoms with Crippen molar-refractivity contribution in [2.45, 2.75) is 38.5 Å². The number of rotatable bonds is 8. The first-order valence-corrected chi connectivity index (χ1v) is 5.53. The van der Waals surface area contributed by atoms with Crippen LogP contribution >= 0.6 is 0 Å². The maximum absolute atomic E-state index is 5.83. The number of methoxy groups -OCH3 is 2. The van der Waals surface area contributed by atoms with E-state index in [2.05, 4.69) is 25.8 Å². The van der Waals surface area contributed by atoms with E-state index >= 15 is 0 Å². The molecule has 0 rings (SSSR count). The molecule has 0 fully saturated rings. The van der Waals surface area contributed by atoms with Crippen molar-refractivity contribution in [3.8, 4) is 0 Å². The summed E-state index contributed by atoms with van der Waals surface area (Å²) in [4.78, 5) is 2.22. The summed E-state index contributed by atoms with van der Waals surface area (Å²) in [6.07, 6.45) is 2.05. The molecular weight excluding hydrogens is 192 g/mol. The van der Waals surface area contributed by atoms with Crippen LogP contribution in [0.4, 0.5) is 0 Å². The Hall–Kier alpha value is -0.160. The van der Waals surface area contributed by atoms with Crippen molar-refractivity contribution >= 4 is 0 Å². The highest BCUT2D eigenvalue weighted by molar-refractivity contribution is 4.89. The van der Waals surface area contributed by atoms with E-state index < -0.39 is 0 Å². The van der Waals surface area contributed by atoms with Crippen molar-refractivity contribution in [3.05, 3.63) is 0 Å². The van der Waals surface area contributed by atoms with E-state index in [0.717, 1.165) is 13.0 Å². The highest BCUT2D eigenvalue weighted by Crippen LogP contribution is 2.20. The van der Waals surface area contributed by atoms with Crippen LogP contribution in [0.5, 0.6) is 0 Å². The van der Waals surface area contributed by atoms with Crippen LogP contribution in [0.25, 0.3) is 0 Å². The molecule has 4 heteroatoms. The Morgan fingerprint density at radius 1 is 1.33 bits per heavy atom. The van der Waals surface area contributed by atoms with Gasteiger partial charge in [0.15, 0.2) is 6.29 Å². The zero-order chi connectivity index (χ0) is 11.9. The molecule has 0 aliphatic rings. The first kappa shape index (κ1) is 14.8. The first-order valence-electron chi connectivity index (χ1n) is 5.53. The van der Waals surface area contributed by atoms with Crippen molar-refractivity contribution in [2.24, 2.45) is 5.73 Å². The average Bonchev–Trinajstić information content (AvgIpc) is 2.26. The van der Waals surface area contributed by atoms with Gasteiger partial charge in [0, 0.05) is 20.8 Å². The molecule has 0 aromatic rings. The van der Waals surface area contributed by atoms with Crippen molar-refractivity contribution < 1.29 is 9.47 Å². The van der Waals surface area contributed by atoms with Crippen LogP contribution in [0.2, 0.25) is 0 Å². The van der Waals surface area contributed by atoms with Crippen molar-refractivity contribution in [1.82, 2.24) is 4.90 Å². The summed E-state index contributed by atoms with van der Waals surface area (Å²) in [5.74, 6) is 0. The van der Waals surface area contributed by atoms with Gasteiger partial charge in [-0.05, 0) is 26.9 Å². The largest absolute Gasteiger partial charge is 0.354 e. The summed E-state index contributed by atoms with van der Waals surface area (Å²) in [7, 11) is 5.36. The van der Waals surface area contributed by atoms with Crippen LogP contribution in [-0.2, 0) is 9.47 Å². The molecule has 0 bridgehead atoms. The second kappa shape index (κ2) is 7.17. The molecule has 0 spiro atoms. The highest BCUT2D eigenvalue weighted by atomic mass is 16.7. The topological polar surface area (TPSA) is 47.7 Å². The van der Waals surface area contributed by atoms with Gasteiger partial charge in [0.1, 0.15) is 0 Å². The fourth-order valence-corrected chi connectivity index (χ4v) is 1.69. The maximum atomic E-state index is 5.83. The molecule has 15 heavy (non-hydrogen) atoms. The molecule has 0 aromatic carbocycles. The third-order valence-electron chi connectivity index (χ3n) is 3.07. The third-order valence-corrected chi connectivity index (χ3v) is 3.07. The van der Waals surface area contributed by atoms with Crippen molar-refractivity contribution in [3.63, 3.8) is 0 Å². The fraction of sp³-hybridized carbons (Fsp3) is 1.00. The minimum Gasteiger partial charge on any atom is -0.354 e. The molecule has 1 unspecified atom stereocenters. The second-order valence-electron chi connectivity index (χ2n) is 4.14. The van der Waals surface area contributed by atoms with Crippen LogP contribution < -0.4 is 5.73 Å². The Morgan fingerprint density at radius 3 is 2.20 bits per heavy atom. The summed E-state index contributed by atoms with van der Waals surface area (Å²) in [5.41, 5.74) is 5.56. The van der Waals surface area contributed by atoms with Crippen LogP contribution in [0, 0.1) is 0 Å². The minimum absolute atomic E-state index is 0.265. The number of hydrogen-bond donors (Lipinski definition) is 1. The molecule has 1 atom stereocenters. The van der Waals surface area contributed by atoms with Gasteiger partial charge in [-0.15, -0.1) is 0 Å². The lowest BCUT2D eigenvalue weighted by molar-refractivity contribution is -0.177. The number of hydrogen-bond acceptors (Lipinski definition) is 4. The van der Waals surface area contributed by atoms with Crippen molar-refractivity contribution in [2.75, 3.05) is 34.4 Å². The fourth-order valence-electron chi connectivity index (χ4n) is 1.69. The lowest BCUT2D eigenvalue weighted by atomic mass is 9.99. The molecule has 0 saturated carbocycles. The molecule has 0 radical (unpaired) electrons. The Morgan fingerprint density at radius 2 is 1.87 bits per heavy atom. The van der Waals surface area contributed by atoms with E-state index in [0.29, 0.717) is 6.54 Å². The third kappa shape index (κ3) is 3.72. The summed E-state index contributed by atoms with van der Waals surface area (Å²) in [6, 6.07) is 0. The number of unbranched alkanes of at least 4 members (excludes halogenated alkanes) is 1. The molecule has 0 aromatic heterocycles. The molecule has 0 amide bonds. The number of likely N-dealkylation sites (N-methyl/N-ethyl adjacent to an activating group) is 1. The summed E-state index contributed by atoms with van der Waals surface area (Å²) in [5, 5.41) is 0. The van der Waals surface area contributed by atoms with Gasteiger partial charge in [-0.1, -0.05) is 13.3 Å². The predicted molar refractivity (Wildman–Crippen MR) is 62.8 cm³/mol. The SMILES string of the molecule is CCCCN(C)C(C)(CN)C(OC)OC. The molecule has 2 N–H and O–H groups in total. The van der Waals surface area contributed by atoms with Crippen LogP contribution in [0.15, 0.2) is 0 Å². The van der Waals surface area contributed by atoms with Crippen molar-refractivity contribution in [1.29, 1.82) is 0 Å². The molecule has 0 heterocycles. The molecule has 92 valence electrons. The van der Waals surface area contributed by atoms with E-state index in [9.17, 15) is 0 Å². The zero-order valence-corrected chi connectivity index (χ0v) is 10.7. The standard InChI is InChI=1S/C11H26N2O2/c1-6-7-8-13(3)11(2,9-12)10(14-4)15-5/h10H,6-9,12H2,1-5H3. The van der Waals surface area contributed by atoms with Crippen LogP contribution in [-0.4, -0.2) is 51.1 Å². The smallest absolute Gasteiger partial charge is 0.176 e.